The lowest BCUT2D eigenvalue weighted by Gasteiger charge is -2.14. The first-order chi connectivity index (χ1) is 12.6. The molecule has 6 nitrogen and oxygen atoms in total. The van der Waals surface area contributed by atoms with Crippen molar-refractivity contribution < 1.29 is 26.4 Å². The predicted molar refractivity (Wildman–Crippen MR) is 94.8 cm³/mol. The average molecular weight is 401 g/mol. The van der Waals surface area contributed by atoms with Crippen LogP contribution in [0.5, 0.6) is 0 Å². The quantitative estimate of drug-likeness (QED) is 0.694. The zero-order valence-electron chi connectivity index (χ0n) is 14.5. The fraction of sp³-hybridized carbons (Fsp3) is 0.235. The summed E-state index contributed by atoms with van der Waals surface area (Å²) in [5.41, 5.74) is -0.0639. The lowest BCUT2D eigenvalue weighted by Crippen LogP contribution is -2.22. The lowest BCUT2D eigenvalue weighted by atomic mass is 10.1. The summed E-state index contributed by atoms with van der Waals surface area (Å²) in [6.45, 7) is 0.0199. The molecule has 3 N–H and O–H groups in total. The van der Waals surface area contributed by atoms with Crippen molar-refractivity contribution in [3.63, 3.8) is 0 Å². The first-order valence-corrected chi connectivity index (χ1v) is 9.26. The van der Waals surface area contributed by atoms with Gasteiger partial charge in [-0.2, -0.15) is 13.2 Å². The van der Waals surface area contributed by atoms with Crippen LogP contribution in [-0.2, 0) is 22.7 Å². The molecule has 0 fully saturated rings. The smallest absolute Gasteiger partial charge is 0.380 e. The molecule has 0 atom stereocenters. The lowest BCUT2D eigenvalue weighted by molar-refractivity contribution is -0.137. The van der Waals surface area contributed by atoms with Gasteiger partial charge in [-0.1, -0.05) is 12.1 Å². The summed E-state index contributed by atoms with van der Waals surface area (Å²) in [6, 6.07) is 8.67. The van der Waals surface area contributed by atoms with E-state index < -0.39 is 27.7 Å². The van der Waals surface area contributed by atoms with Gasteiger partial charge in [-0.15, -0.1) is 0 Å². The molecule has 27 heavy (non-hydrogen) atoms. The van der Waals surface area contributed by atoms with E-state index in [-0.39, 0.29) is 17.0 Å². The molecule has 2 aromatic carbocycles. The summed E-state index contributed by atoms with van der Waals surface area (Å²) in [5, 5.41) is 5.28. The number of hydrogen-bond acceptors (Lipinski definition) is 4. The largest absolute Gasteiger partial charge is 0.416 e. The van der Waals surface area contributed by atoms with Crippen molar-refractivity contribution in [3.05, 3.63) is 59.2 Å². The summed E-state index contributed by atoms with van der Waals surface area (Å²) in [6.07, 6.45) is -4.45. The Morgan fingerprint density at radius 2 is 1.78 bits per heavy atom. The molecule has 0 bridgehead atoms. The molecule has 0 spiro atoms. The molecule has 0 aliphatic carbocycles. The van der Waals surface area contributed by atoms with Crippen LogP contribution in [0.1, 0.15) is 21.5 Å². The molecule has 0 saturated carbocycles. The minimum Gasteiger partial charge on any atom is -0.380 e. The Morgan fingerprint density at radius 1 is 1.07 bits per heavy atom. The van der Waals surface area contributed by atoms with Crippen LogP contribution < -0.4 is 15.4 Å². The van der Waals surface area contributed by atoms with Crippen molar-refractivity contribution in [2.75, 3.05) is 19.4 Å². The first-order valence-electron chi connectivity index (χ1n) is 7.78. The monoisotopic (exact) mass is 401 g/mol. The third kappa shape index (κ3) is 4.98. The Kier molecular flexibility index (Phi) is 6.11. The summed E-state index contributed by atoms with van der Waals surface area (Å²) >= 11 is 0. The Labute approximate surface area is 154 Å². The predicted octanol–water partition coefficient (Wildman–Crippen LogP) is 2.59. The Bertz CT molecular complexity index is 944. The topological polar surface area (TPSA) is 87.3 Å². The molecule has 2 rings (SSSR count). The highest BCUT2D eigenvalue weighted by atomic mass is 32.2. The number of alkyl halides is 3. The van der Waals surface area contributed by atoms with E-state index in [9.17, 15) is 26.4 Å². The molecule has 0 saturated heterocycles. The second-order valence-electron chi connectivity index (χ2n) is 5.55. The van der Waals surface area contributed by atoms with Crippen LogP contribution in [-0.4, -0.2) is 28.4 Å². The number of benzene rings is 2. The molecule has 0 aromatic heterocycles. The number of nitrogens with one attached hydrogen (secondary N) is 3. The number of halogens is 3. The van der Waals surface area contributed by atoms with Crippen molar-refractivity contribution >= 4 is 21.6 Å². The highest BCUT2D eigenvalue weighted by Gasteiger charge is 2.30. The third-order valence-electron chi connectivity index (χ3n) is 3.78. The zero-order chi connectivity index (χ0) is 20.2. The Morgan fingerprint density at radius 3 is 2.37 bits per heavy atom. The molecule has 10 heteroatoms. The number of carbonyl (C=O) groups is 1. The Hall–Kier alpha value is -2.59. The molecule has 1 amide bonds. The number of hydrogen-bond donors (Lipinski definition) is 3. The van der Waals surface area contributed by atoms with Gasteiger partial charge in [0, 0.05) is 19.3 Å². The minimum atomic E-state index is -4.45. The van der Waals surface area contributed by atoms with Gasteiger partial charge in [-0.05, 0) is 42.9 Å². The highest BCUT2D eigenvalue weighted by Crippen LogP contribution is 2.30. The van der Waals surface area contributed by atoms with Crippen LogP contribution in [0.25, 0.3) is 0 Å². The SMILES string of the molecule is CNC(=O)c1cc(S(=O)(=O)NC)ccc1NCc1cccc(C(F)(F)F)c1. The van der Waals surface area contributed by atoms with Crippen LogP contribution >= 0.6 is 0 Å². The van der Waals surface area contributed by atoms with Crippen molar-refractivity contribution in [2.24, 2.45) is 0 Å². The van der Waals surface area contributed by atoms with E-state index in [0.717, 1.165) is 12.1 Å². The van der Waals surface area contributed by atoms with Gasteiger partial charge >= 0.3 is 6.18 Å². The Balaban J connectivity index is 2.32. The highest BCUT2D eigenvalue weighted by molar-refractivity contribution is 7.89. The summed E-state index contributed by atoms with van der Waals surface area (Å²) in [7, 11) is -1.12. The number of sulfonamides is 1. The van der Waals surface area contributed by atoms with E-state index >= 15 is 0 Å². The molecule has 146 valence electrons. The average Bonchev–Trinajstić information content (AvgIpc) is 2.65. The molecule has 0 radical (unpaired) electrons. The van der Waals surface area contributed by atoms with Gasteiger partial charge in [-0.3, -0.25) is 4.79 Å². The maximum atomic E-state index is 12.8. The molecule has 0 unspecified atom stereocenters. The van der Waals surface area contributed by atoms with Gasteiger partial charge in [0.25, 0.3) is 5.91 Å². The summed E-state index contributed by atoms with van der Waals surface area (Å²) in [4.78, 5) is 12.0. The van der Waals surface area contributed by atoms with E-state index in [0.29, 0.717) is 11.3 Å². The van der Waals surface area contributed by atoms with E-state index in [2.05, 4.69) is 15.4 Å². The van der Waals surface area contributed by atoms with Crippen molar-refractivity contribution in [3.8, 4) is 0 Å². The van der Waals surface area contributed by atoms with E-state index in [4.69, 9.17) is 0 Å². The molecule has 0 aliphatic heterocycles. The van der Waals surface area contributed by atoms with Crippen LogP contribution in [0, 0.1) is 0 Å². The van der Waals surface area contributed by atoms with Gasteiger partial charge in [0.15, 0.2) is 0 Å². The van der Waals surface area contributed by atoms with Crippen molar-refractivity contribution in [1.29, 1.82) is 0 Å². The number of anilines is 1. The second kappa shape index (κ2) is 7.97. The molecular formula is C17H18F3N3O3S. The minimum absolute atomic E-state index is 0.0199. The normalized spacial score (nSPS) is 11.9. The van der Waals surface area contributed by atoms with Crippen LogP contribution in [0.15, 0.2) is 47.4 Å². The zero-order valence-corrected chi connectivity index (χ0v) is 15.3. The molecule has 0 aliphatic rings. The summed E-state index contributed by atoms with van der Waals surface area (Å²) in [5.74, 6) is -0.533. The molecule has 0 heterocycles. The van der Waals surface area contributed by atoms with Gasteiger partial charge in [0.2, 0.25) is 10.0 Å². The second-order valence-corrected chi connectivity index (χ2v) is 7.43. The fourth-order valence-corrected chi connectivity index (χ4v) is 3.10. The number of carbonyl (C=O) groups excluding carboxylic acids is 1. The maximum absolute atomic E-state index is 12.8. The standard InChI is InChI=1S/C17H18F3N3O3S/c1-21-16(24)14-9-13(27(25,26)22-2)6-7-15(14)23-10-11-4-3-5-12(8-11)17(18,19)20/h3-9,22-23H,10H2,1-2H3,(H,21,24). The fourth-order valence-electron chi connectivity index (χ4n) is 2.34. The number of rotatable bonds is 6. The van der Waals surface area contributed by atoms with E-state index in [1.165, 1.54) is 44.4 Å². The van der Waals surface area contributed by atoms with Crippen molar-refractivity contribution in [1.82, 2.24) is 10.0 Å². The van der Waals surface area contributed by atoms with Crippen LogP contribution in [0.4, 0.5) is 18.9 Å². The first kappa shape index (κ1) is 20.7. The molecule has 2 aromatic rings. The van der Waals surface area contributed by atoms with Crippen molar-refractivity contribution in [2.45, 2.75) is 17.6 Å². The third-order valence-corrected chi connectivity index (χ3v) is 5.19. The van der Waals surface area contributed by atoms with Crippen LogP contribution in [0.3, 0.4) is 0 Å². The van der Waals surface area contributed by atoms with Crippen LogP contribution in [0.2, 0.25) is 0 Å². The van der Waals surface area contributed by atoms with E-state index in [1.807, 2.05) is 0 Å². The maximum Gasteiger partial charge on any atom is 0.416 e. The van der Waals surface area contributed by atoms with Gasteiger partial charge in [0.1, 0.15) is 0 Å². The van der Waals surface area contributed by atoms with Gasteiger partial charge in [-0.25, -0.2) is 13.1 Å². The number of amides is 1. The molecular weight excluding hydrogens is 383 g/mol. The summed E-state index contributed by atoms with van der Waals surface area (Å²) < 4.78 is 64.4. The van der Waals surface area contributed by atoms with E-state index in [1.54, 1.807) is 0 Å². The van der Waals surface area contributed by atoms with Gasteiger partial charge in [0.05, 0.1) is 16.0 Å². The van der Waals surface area contributed by atoms with Gasteiger partial charge < -0.3 is 10.6 Å².